The van der Waals surface area contributed by atoms with E-state index in [9.17, 15) is 4.79 Å². The fourth-order valence-electron chi connectivity index (χ4n) is 2.77. The van der Waals surface area contributed by atoms with E-state index in [1.54, 1.807) is 6.08 Å². The highest BCUT2D eigenvalue weighted by Gasteiger charge is 2.43. The predicted molar refractivity (Wildman–Crippen MR) is 55.9 cm³/mol. The minimum absolute atomic E-state index is 0.177. The van der Waals surface area contributed by atoms with Crippen LogP contribution in [-0.2, 0) is 4.79 Å². The lowest BCUT2D eigenvalue weighted by Crippen LogP contribution is -2.41. The Hall–Kier alpha value is -0.830. The van der Waals surface area contributed by atoms with Crippen LogP contribution >= 0.6 is 0 Å². The molecular formula is C11H18N2O. The molecule has 3 atom stereocenters. The van der Waals surface area contributed by atoms with Gasteiger partial charge in [-0.05, 0) is 32.3 Å². The Labute approximate surface area is 85.2 Å². The zero-order valence-electron chi connectivity index (χ0n) is 8.86. The standard InChI is InChI=1S/C11H18N2O/c1-3-4-11(14)13-8(2)5-9-6-12-7-10(9)13/h3-4,8-10,12H,5-7H2,1-2H3/b4-3+. The number of carbonyl (C=O) groups excluding carboxylic acids is 1. The minimum atomic E-state index is 0.177. The fourth-order valence-corrected chi connectivity index (χ4v) is 2.77. The maximum Gasteiger partial charge on any atom is 0.246 e. The van der Waals surface area contributed by atoms with E-state index in [0.29, 0.717) is 18.0 Å². The first-order valence-corrected chi connectivity index (χ1v) is 5.39. The average molecular weight is 194 g/mol. The van der Waals surface area contributed by atoms with E-state index in [2.05, 4.69) is 12.2 Å². The van der Waals surface area contributed by atoms with Crippen molar-refractivity contribution in [3.8, 4) is 0 Å². The van der Waals surface area contributed by atoms with Gasteiger partial charge >= 0.3 is 0 Å². The van der Waals surface area contributed by atoms with E-state index in [1.165, 1.54) is 0 Å². The third-order valence-corrected chi connectivity index (χ3v) is 3.34. The molecule has 1 N–H and O–H groups in total. The average Bonchev–Trinajstić information content (AvgIpc) is 2.63. The minimum Gasteiger partial charge on any atom is -0.332 e. The van der Waals surface area contributed by atoms with Crippen LogP contribution in [0.5, 0.6) is 0 Å². The van der Waals surface area contributed by atoms with Crippen molar-refractivity contribution in [3.63, 3.8) is 0 Å². The van der Waals surface area contributed by atoms with Crippen LogP contribution in [0, 0.1) is 5.92 Å². The van der Waals surface area contributed by atoms with Gasteiger partial charge in [0.05, 0.1) is 0 Å². The third kappa shape index (κ3) is 1.46. The highest BCUT2D eigenvalue weighted by molar-refractivity contribution is 5.88. The first-order valence-electron chi connectivity index (χ1n) is 5.39. The summed E-state index contributed by atoms with van der Waals surface area (Å²) in [4.78, 5) is 13.9. The Morgan fingerprint density at radius 3 is 3.00 bits per heavy atom. The van der Waals surface area contributed by atoms with Gasteiger partial charge in [-0.2, -0.15) is 0 Å². The number of rotatable bonds is 1. The molecule has 14 heavy (non-hydrogen) atoms. The molecule has 2 heterocycles. The van der Waals surface area contributed by atoms with Crippen LogP contribution in [0.3, 0.4) is 0 Å². The Bertz CT molecular complexity index is 262. The molecule has 2 aliphatic rings. The molecule has 3 unspecified atom stereocenters. The topological polar surface area (TPSA) is 32.3 Å². The van der Waals surface area contributed by atoms with Gasteiger partial charge in [-0.3, -0.25) is 4.79 Å². The van der Waals surface area contributed by atoms with Gasteiger partial charge in [0.25, 0.3) is 0 Å². The smallest absolute Gasteiger partial charge is 0.246 e. The van der Waals surface area contributed by atoms with Crippen LogP contribution in [0.2, 0.25) is 0 Å². The molecule has 2 saturated heterocycles. The molecule has 0 aliphatic carbocycles. The Morgan fingerprint density at radius 1 is 1.50 bits per heavy atom. The highest BCUT2D eigenvalue weighted by Crippen LogP contribution is 2.32. The van der Waals surface area contributed by atoms with Crippen molar-refractivity contribution in [3.05, 3.63) is 12.2 Å². The van der Waals surface area contributed by atoms with Crippen LogP contribution in [0.4, 0.5) is 0 Å². The summed E-state index contributed by atoms with van der Waals surface area (Å²) in [6, 6.07) is 0.851. The summed E-state index contributed by atoms with van der Waals surface area (Å²) in [7, 11) is 0. The van der Waals surface area contributed by atoms with Crippen LogP contribution < -0.4 is 5.32 Å². The number of hydrogen-bond donors (Lipinski definition) is 1. The van der Waals surface area contributed by atoms with Crippen LogP contribution in [0.15, 0.2) is 12.2 Å². The van der Waals surface area contributed by atoms with Crippen molar-refractivity contribution in [1.82, 2.24) is 10.2 Å². The first-order chi connectivity index (χ1) is 6.74. The largest absolute Gasteiger partial charge is 0.332 e. The highest BCUT2D eigenvalue weighted by atomic mass is 16.2. The lowest BCUT2D eigenvalue weighted by molar-refractivity contribution is -0.128. The molecule has 0 aromatic heterocycles. The van der Waals surface area contributed by atoms with Gasteiger partial charge in [0.15, 0.2) is 0 Å². The number of amides is 1. The number of likely N-dealkylation sites (tertiary alicyclic amines) is 1. The van der Waals surface area contributed by atoms with Crippen molar-refractivity contribution in [2.24, 2.45) is 5.92 Å². The molecule has 3 nitrogen and oxygen atoms in total. The molecule has 2 aliphatic heterocycles. The van der Waals surface area contributed by atoms with Gasteiger partial charge in [-0.25, -0.2) is 0 Å². The SMILES string of the molecule is C/C=C/C(=O)N1C(C)CC2CNCC21. The van der Waals surface area contributed by atoms with Gasteiger partial charge in [-0.15, -0.1) is 0 Å². The summed E-state index contributed by atoms with van der Waals surface area (Å²) < 4.78 is 0. The zero-order chi connectivity index (χ0) is 10.1. The van der Waals surface area contributed by atoms with E-state index >= 15 is 0 Å². The quantitative estimate of drug-likeness (QED) is 0.625. The second kappa shape index (κ2) is 3.73. The van der Waals surface area contributed by atoms with Crippen LogP contribution in [0.25, 0.3) is 0 Å². The Balaban J connectivity index is 2.13. The second-order valence-corrected chi connectivity index (χ2v) is 4.32. The van der Waals surface area contributed by atoms with E-state index in [0.717, 1.165) is 19.5 Å². The van der Waals surface area contributed by atoms with Crippen molar-refractivity contribution in [2.75, 3.05) is 13.1 Å². The van der Waals surface area contributed by atoms with Crippen molar-refractivity contribution < 1.29 is 4.79 Å². The summed E-state index contributed by atoms with van der Waals surface area (Å²) in [5.41, 5.74) is 0. The van der Waals surface area contributed by atoms with E-state index in [-0.39, 0.29) is 5.91 Å². The summed E-state index contributed by atoms with van der Waals surface area (Å²) in [5, 5.41) is 3.35. The van der Waals surface area contributed by atoms with Gasteiger partial charge in [0.1, 0.15) is 0 Å². The third-order valence-electron chi connectivity index (χ3n) is 3.34. The van der Waals surface area contributed by atoms with Gasteiger partial charge in [0, 0.05) is 25.2 Å². The van der Waals surface area contributed by atoms with Crippen molar-refractivity contribution in [2.45, 2.75) is 32.4 Å². The molecule has 78 valence electrons. The number of carbonyl (C=O) groups is 1. The number of fused-ring (bicyclic) bond motifs is 1. The van der Waals surface area contributed by atoms with Gasteiger partial charge in [0.2, 0.25) is 5.91 Å². The fraction of sp³-hybridized carbons (Fsp3) is 0.727. The summed E-state index contributed by atoms with van der Waals surface area (Å²) in [6.45, 7) is 6.09. The molecule has 0 saturated carbocycles. The number of allylic oxidation sites excluding steroid dienone is 1. The number of nitrogens with zero attached hydrogens (tertiary/aromatic N) is 1. The predicted octanol–water partition coefficient (Wildman–Crippen LogP) is 0.771. The molecule has 1 amide bonds. The second-order valence-electron chi connectivity index (χ2n) is 4.32. The maximum atomic E-state index is 11.8. The summed E-state index contributed by atoms with van der Waals surface area (Å²) in [6.07, 6.45) is 4.66. The molecule has 0 radical (unpaired) electrons. The molecule has 0 bridgehead atoms. The molecular weight excluding hydrogens is 176 g/mol. The number of nitrogens with one attached hydrogen (secondary N) is 1. The normalized spacial score (nSPS) is 36.7. The van der Waals surface area contributed by atoms with Crippen LogP contribution in [0.1, 0.15) is 20.3 Å². The summed E-state index contributed by atoms with van der Waals surface area (Å²) >= 11 is 0. The summed E-state index contributed by atoms with van der Waals surface area (Å²) in [5.74, 6) is 0.857. The number of hydrogen-bond acceptors (Lipinski definition) is 2. The Morgan fingerprint density at radius 2 is 2.29 bits per heavy atom. The maximum absolute atomic E-state index is 11.8. The van der Waals surface area contributed by atoms with Gasteiger partial charge in [-0.1, -0.05) is 6.08 Å². The molecule has 0 aromatic rings. The van der Waals surface area contributed by atoms with Crippen molar-refractivity contribution in [1.29, 1.82) is 0 Å². The zero-order valence-corrected chi connectivity index (χ0v) is 8.86. The van der Waals surface area contributed by atoms with E-state index in [4.69, 9.17) is 0 Å². The molecule has 2 fully saturated rings. The molecule has 2 rings (SSSR count). The molecule has 0 spiro atoms. The molecule has 3 heteroatoms. The van der Waals surface area contributed by atoms with E-state index in [1.807, 2.05) is 17.9 Å². The Kier molecular flexibility index (Phi) is 2.59. The van der Waals surface area contributed by atoms with Crippen LogP contribution in [-0.4, -0.2) is 36.0 Å². The van der Waals surface area contributed by atoms with E-state index < -0.39 is 0 Å². The first kappa shape index (κ1) is 9.71. The lowest BCUT2D eigenvalue weighted by atomic mass is 10.0. The monoisotopic (exact) mass is 194 g/mol. The lowest BCUT2D eigenvalue weighted by Gasteiger charge is -2.26. The van der Waals surface area contributed by atoms with Crippen molar-refractivity contribution >= 4 is 5.91 Å². The molecule has 0 aromatic carbocycles. The van der Waals surface area contributed by atoms with Gasteiger partial charge < -0.3 is 10.2 Å².